The van der Waals surface area contributed by atoms with Crippen LogP contribution < -0.4 is 10.5 Å². The van der Waals surface area contributed by atoms with Gasteiger partial charge in [0.1, 0.15) is 16.5 Å². The van der Waals surface area contributed by atoms with Crippen molar-refractivity contribution in [3.8, 4) is 0 Å². The maximum Gasteiger partial charge on any atom is 0.264 e. The maximum absolute atomic E-state index is 13.6. The third kappa shape index (κ3) is 3.37. The van der Waals surface area contributed by atoms with E-state index in [0.717, 1.165) is 0 Å². The lowest BCUT2D eigenvalue weighted by Gasteiger charge is -2.11. The minimum atomic E-state index is -4.32. The second kappa shape index (κ2) is 5.67. The van der Waals surface area contributed by atoms with Crippen LogP contribution in [0.3, 0.4) is 0 Å². The zero-order chi connectivity index (χ0) is 15.8. The highest BCUT2D eigenvalue weighted by atomic mass is 35.5. The van der Waals surface area contributed by atoms with E-state index in [0.29, 0.717) is 17.2 Å². The van der Waals surface area contributed by atoms with Crippen LogP contribution in [0.25, 0.3) is 0 Å². The van der Waals surface area contributed by atoms with Crippen LogP contribution >= 0.6 is 23.2 Å². The molecule has 0 spiro atoms. The van der Waals surface area contributed by atoms with Crippen molar-refractivity contribution in [2.45, 2.75) is 4.90 Å². The molecule has 9 heteroatoms. The summed E-state index contributed by atoms with van der Waals surface area (Å²) in [6, 6.07) is 5.12. The molecule has 2 aromatic rings. The van der Waals surface area contributed by atoms with Gasteiger partial charge >= 0.3 is 0 Å². The molecule has 0 fully saturated rings. The van der Waals surface area contributed by atoms with Gasteiger partial charge in [0.05, 0.1) is 16.4 Å². The molecule has 0 radical (unpaired) electrons. The highest BCUT2D eigenvalue weighted by Crippen LogP contribution is 2.29. The van der Waals surface area contributed by atoms with Crippen molar-refractivity contribution in [2.24, 2.45) is 0 Å². The normalized spacial score (nSPS) is 11.4. The molecule has 0 aliphatic carbocycles. The third-order valence-electron chi connectivity index (χ3n) is 2.52. The Balaban J connectivity index is 2.46. The highest BCUT2D eigenvalue weighted by Gasteiger charge is 2.22. The summed E-state index contributed by atoms with van der Waals surface area (Å²) in [6.07, 6.45) is 0. The molecule has 2 aromatic carbocycles. The first-order valence-electron chi connectivity index (χ1n) is 5.43. The summed E-state index contributed by atoms with van der Waals surface area (Å²) >= 11 is 11.5. The van der Waals surface area contributed by atoms with Crippen LogP contribution in [0.15, 0.2) is 35.2 Å². The summed E-state index contributed by atoms with van der Waals surface area (Å²) < 4.78 is 53.0. The van der Waals surface area contributed by atoms with Crippen molar-refractivity contribution in [3.63, 3.8) is 0 Å². The largest absolute Gasteiger partial charge is 0.396 e. The molecule has 2 rings (SSSR count). The molecule has 112 valence electrons. The molecular weight excluding hydrogens is 345 g/mol. The lowest BCUT2D eigenvalue weighted by molar-refractivity contribution is 0.553. The first-order chi connectivity index (χ1) is 9.70. The first kappa shape index (κ1) is 15.8. The Morgan fingerprint density at radius 1 is 1.05 bits per heavy atom. The third-order valence-corrected chi connectivity index (χ3v) is 4.44. The van der Waals surface area contributed by atoms with Crippen LogP contribution in [-0.4, -0.2) is 8.42 Å². The predicted octanol–water partition coefficient (Wildman–Crippen LogP) is 3.65. The zero-order valence-electron chi connectivity index (χ0n) is 10.2. The SMILES string of the molecule is Nc1cc(S(=O)(=O)Nc2ccc(Cl)cc2Cl)c(F)cc1F. The van der Waals surface area contributed by atoms with Crippen LogP contribution in [0.5, 0.6) is 0 Å². The Bertz CT molecular complexity index is 813. The summed E-state index contributed by atoms with van der Waals surface area (Å²) in [7, 11) is -4.32. The minimum absolute atomic E-state index is 0.00311. The van der Waals surface area contributed by atoms with E-state index in [1.807, 2.05) is 0 Å². The van der Waals surface area contributed by atoms with Crippen molar-refractivity contribution in [1.29, 1.82) is 0 Å². The molecule has 0 aliphatic rings. The summed E-state index contributed by atoms with van der Waals surface area (Å²) in [4.78, 5) is -0.785. The van der Waals surface area contributed by atoms with Crippen LogP contribution in [-0.2, 0) is 10.0 Å². The monoisotopic (exact) mass is 352 g/mol. The second-order valence-electron chi connectivity index (χ2n) is 4.03. The van der Waals surface area contributed by atoms with Crippen molar-refractivity contribution in [3.05, 3.63) is 52.0 Å². The molecule has 21 heavy (non-hydrogen) atoms. The molecule has 0 unspecified atom stereocenters. The van der Waals surface area contributed by atoms with Crippen LogP contribution in [0.2, 0.25) is 10.0 Å². The predicted molar refractivity (Wildman–Crippen MR) is 78.0 cm³/mol. The van der Waals surface area contributed by atoms with E-state index < -0.39 is 32.2 Å². The summed E-state index contributed by atoms with van der Waals surface area (Å²) in [5.74, 6) is -2.31. The quantitative estimate of drug-likeness (QED) is 0.828. The van der Waals surface area contributed by atoms with E-state index in [9.17, 15) is 17.2 Å². The Kier molecular flexibility index (Phi) is 4.27. The average molecular weight is 353 g/mol. The minimum Gasteiger partial charge on any atom is -0.396 e. The van der Waals surface area contributed by atoms with Gasteiger partial charge in [-0.15, -0.1) is 0 Å². The molecule has 0 saturated heterocycles. The van der Waals surface area contributed by atoms with Crippen molar-refractivity contribution >= 4 is 44.6 Å². The molecule has 0 aromatic heterocycles. The van der Waals surface area contributed by atoms with Gasteiger partial charge in [0.15, 0.2) is 0 Å². The van der Waals surface area contributed by atoms with E-state index in [1.165, 1.54) is 18.2 Å². The van der Waals surface area contributed by atoms with Gasteiger partial charge in [0, 0.05) is 11.1 Å². The molecule has 4 nitrogen and oxygen atoms in total. The molecule has 0 atom stereocenters. The fourth-order valence-electron chi connectivity index (χ4n) is 1.52. The van der Waals surface area contributed by atoms with Crippen molar-refractivity contribution < 1.29 is 17.2 Å². The van der Waals surface area contributed by atoms with Crippen molar-refractivity contribution in [2.75, 3.05) is 10.5 Å². The number of anilines is 2. The van der Waals surface area contributed by atoms with Gasteiger partial charge in [-0.25, -0.2) is 17.2 Å². The van der Waals surface area contributed by atoms with Crippen LogP contribution in [0.1, 0.15) is 0 Å². The summed E-state index contributed by atoms with van der Waals surface area (Å²) in [5, 5.41) is 0.335. The van der Waals surface area contributed by atoms with E-state index >= 15 is 0 Å². The number of nitrogen functional groups attached to an aromatic ring is 1. The standard InChI is InChI=1S/C12H8Cl2F2N2O2S/c13-6-1-2-11(7(14)3-6)18-21(19,20)12-5-10(17)8(15)4-9(12)16/h1-5,18H,17H2. The average Bonchev–Trinajstić information content (AvgIpc) is 2.37. The van der Waals surface area contributed by atoms with Gasteiger partial charge < -0.3 is 5.73 Å². The van der Waals surface area contributed by atoms with Gasteiger partial charge in [0.2, 0.25) is 0 Å². The molecule has 3 N–H and O–H groups in total. The zero-order valence-corrected chi connectivity index (χ0v) is 12.5. The van der Waals surface area contributed by atoms with Gasteiger partial charge in [-0.1, -0.05) is 23.2 Å². The molecule has 0 heterocycles. The number of rotatable bonds is 3. The number of benzene rings is 2. The van der Waals surface area contributed by atoms with E-state index in [2.05, 4.69) is 4.72 Å². The smallest absolute Gasteiger partial charge is 0.264 e. The summed E-state index contributed by atoms with van der Waals surface area (Å²) in [6.45, 7) is 0. The van der Waals surface area contributed by atoms with Gasteiger partial charge in [0.25, 0.3) is 10.0 Å². The molecule has 0 bridgehead atoms. The highest BCUT2D eigenvalue weighted by molar-refractivity contribution is 7.92. The number of halogens is 4. The molecule has 0 amide bonds. The van der Waals surface area contributed by atoms with E-state index in [1.54, 1.807) is 0 Å². The topological polar surface area (TPSA) is 72.2 Å². The molecule has 0 aliphatic heterocycles. The number of hydrogen-bond donors (Lipinski definition) is 2. The lowest BCUT2D eigenvalue weighted by atomic mass is 10.3. The molecule has 0 saturated carbocycles. The number of nitrogens with two attached hydrogens (primary N) is 1. The Morgan fingerprint density at radius 3 is 2.33 bits per heavy atom. The Labute approximate surface area is 129 Å². The maximum atomic E-state index is 13.6. The number of sulfonamides is 1. The summed E-state index contributed by atoms with van der Waals surface area (Å²) in [5.41, 5.74) is 4.77. The van der Waals surface area contributed by atoms with Gasteiger partial charge in [-0.3, -0.25) is 4.72 Å². The Morgan fingerprint density at radius 2 is 1.71 bits per heavy atom. The molecular formula is C12H8Cl2F2N2O2S. The fraction of sp³-hybridized carbons (Fsp3) is 0. The second-order valence-corrected chi connectivity index (χ2v) is 6.53. The van der Waals surface area contributed by atoms with Crippen LogP contribution in [0, 0.1) is 11.6 Å². The van der Waals surface area contributed by atoms with Crippen molar-refractivity contribution in [1.82, 2.24) is 0 Å². The Hall–Kier alpha value is -1.57. The number of nitrogens with one attached hydrogen (secondary N) is 1. The van der Waals surface area contributed by atoms with Gasteiger partial charge in [-0.2, -0.15) is 0 Å². The van der Waals surface area contributed by atoms with Crippen LogP contribution in [0.4, 0.5) is 20.2 Å². The van der Waals surface area contributed by atoms with E-state index in [4.69, 9.17) is 28.9 Å². The first-order valence-corrected chi connectivity index (χ1v) is 7.67. The lowest BCUT2D eigenvalue weighted by Crippen LogP contribution is -2.15. The number of hydrogen-bond acceptors (Lipinski definition) is 3. The van der Waals surface area contributed by atoms with E-state index in [-0.39, 0.29) is 10.7 Å². The fourth-order valence-corrected chi connectivity index (χ4v) is 3.21. The van der Waals surface area contributed by atoms with Gasteiger partial charge in [-0.05, 0) is 24.3 Å².